The van der Waals surface area contributed by atoms with E-state index in [0.29, 0.717) is 5.56 Å². The van der Waals surface area contributed by atoms with E-state index < -0.39 is 12.1 Å². The van der Waals surface area contributed by atoms with Gasteiger partial charge in [0.2, 0.25) is 0 Å². The van der Waals surface area contributed by atoms with Crippen molar-refractivity contribution in [3.8, 4) is 0 Å². The van der Waals surface area contributed by atoms with E-state index in [1.807, 2.05) is 18.2 Å². The van der Waals surface area contributed by atoms with Crippen LogP contribution in [0.3, 0.4) is 0 Å². The van der Waals surface area contributed by atoms with Crippen molar-refractivity contribution < 1.29 is 14.6 Å². The van der Waals surface area contributed by atoms with E-state index in [9.17, 15) is 9.90 Å². The molecule has 2 aromatic rings. The number of benzene rings is 1. The minimum atomic E-state index is -0.838. The number of esters is 1. The van der Waals surface area contributed by atoms with E-state index in [4.69, 9.17) is 0 Å². The number of aromatic nitrogens is 1. The highest BCUT2D eigenvalue weighted by molar-refractivity contribution is 5.83. The van der Waals surface area contributed by atoms with E-state index in [-0.39, 0.29) is 6.42 Å². The second-order valence-corrected chi connectivity index (χ2v) is 3.59. The number of hydrogen-bond donors (Lipinski definition) is 2. The summed E-state index contributed by atoms with van der Waals surface area (Å²) < 4.78 is 4.53. The fraction of sp³-hybridized carbons (Fsp3) is 0.250. The zero-order valence-electron chi connectivity index (χ0n) is 8.93. The average Bonchev–Trinajstić information content (AvgIpc) is 2.76. The summed E-state index contributed by atoms with van der Waals surface area (Å²) in [5.74, 6) is -0.420. The molecule has 2 N–H and O–H groups in total. The zero-order valence-corrected chi connectivity index (χ0v) is 8.93. The Labute approximate surface area is 92.9 Å². The molecule has 0 radical (unpaired) electrons. The lowest BCUT2D eigenvalue weighted by Gasteiger charge is -2.10. The Kier molecular flexibility index (Phi) is 2.92. The van der Waals surface area contributed by atoms with Crippen molar-refractivity contribution in [2.24, 2.45) is 0 Å². The van der Waals surface area contributed by atoms with Gasteiger partial charge >= 0.3 is 5.97 Å². The van der Waals surface area contributed by atoms with Crippen molar-refractivity contribution in [2.45, 2.75) is 12.5 Å². The fourth-order valence-corrected chi connectivity index (χ4v) is 1.74. The molecule has 2 rings (SSSR count). The first kappa shape index (κ1) is 10.7. The molecule has 1 aromatic carbocycles. The third-order valence-electron chi connectivity index (χ3n) is 2.57. The van der Waals surface area contributed by atoms with Crippen LogP contribution in [-0.4, -0.2) is 23.2 Å². The van der Waals surface area contributed by atoms with Crippen molar-refractivity contribution in [3.05, 3.63) is 36.0 Å². The molecule has 0 saturated heterocycles. The lowest BCUT2D eigenvalue weighted by atomic mass is 10.0. The Bertz CT molecular complexity index is 504. The summed E-state index contributed by atoms with van der Waals surface area (Å²) in [6.45, 7) is 0. The van der Waals surface area contributed by atoms with Gasteiger partial charge in [-0.15, -0.1) is 0 Å². The van der Waals surface area contributed by atoms with Crippen molar-refractivity contribution in [1.82, 2.24) is 4.98 Å². The standard InChI is InChI=1S/C12H13NO3/c1-16-11(15)7-10(14)9-4-2-3-8-5-6-13-12(8)9/h2-6,10,13-14H,7H2,1H3. The summed E-state index contributed by atoms with van der Waals surface area (Å²) in [6.07, 6.45) is 0.933. The summed E-state index contributed by atoms with van der Waals surface area (Å²) in [4.78, 5) is 14.1. The van der Waals surface area contributed by atoms with Gasteiger partial charge in [0, 0.05) is 11.8 Å². The number of rotatable bonds is 3. The number of methoxy groups -OCH3 is 1. The second kappa shape index (κ2) is 4.37. The van der Waals surface area contributed by atoms with Crippen LogP contribution in [0, 0.1) is 0 Å². The molecule has 0 amide bonds. The number of nitrogens with one attached hydrogen (secondary N) is 1. The molecule has 4 heteroatoms. The lowest BCUT2D eigenvalue weighted by molar-refractivity contribution is -0.142. The van der Waals surface area contributed by atoms with E-state index in [1.165, 1.54) is 7.11 Å². The van der Waals surface area contributed by atoms with Crippen LogP contribution in [0.5, 0.6) is 0 Å². The first-order valence-corrected chi connectivity index (χ1v) is 5.03. The summed E-state index contributed by atoms with van der Waals surface area (Å²) in [5.41, 5.74) is 1.58. The van der Waals surface area contributed by atoms with Crippen LogP contribution in [0.25, 0.3) is 10.9 Å². The molecular weight excluding hydrogens is 206 g/mol. The van der Waals surface area contributed by atoms with E-state index in [2.05, 4.69) is 9.72 Å². The molecule has 1 atom stereocenters. The summed E-state index contributed by atoms with van der Waals surface area (Å²) >= 11 is 0. The predicted molar refractivity (Wildman–Crippen MR) is 59.9 cm³/mol. The van der Waals surface area contributed by atoms with Crippen molar-refractivity contribution in [1.29, 1.82) is 0 Å². The number of carbonyl (C=O) groups excluding carboxylic acids is 1. The zero-order chi connectivity index (χ0) is 11.5. The fourth-order valence-electron chi connectivity index (χ4n) is 1.74. The summed E-state index contributed by atoms with van der Waals surface area (Å²) in [7, 11) is 1.31. The maximum Gasteiger partial charge on any atom is 0.308 e. The maximum absolute atomic E-state index is 11.1. The van der Waals surface area contributed by atoms with E-state index >= 15 is 0 Å². The van der Waals surface area contributed by atoms with Crippen molar-refractivity contribution in [2.75, 3.05) is 7.11 Å². The molecule has 1 heterocycles. The molecule has 4 nitrogen and oxygen atoms in total. The summed E-state index contributed by atoms with van der Waals surface area (Å²) in [5, 5.41) is 10.9. The molecule has 16 heavy (non-hydrogen) atoms. The van der Waals surface area contributed by atoms with Gasteiger partial charge in [-0.2, -0.15) is 0 Å². The molecule has 1 unspecified atom stereocenters. The molecule has 0 aliphatic carbocycles. The molecule has 0 aliphatic heterocycles. The van der Waals surface area contributed by atoms with Gasteiger partial charge in [-0.05, 0) is 11.5 Å². The van der Waals surface area contributed by atoms with Crippen LogP contribution < -0.4 is 0 Å². The number of carbonyl (C=O) groups is 1. The monoisotopic (exact) mass is 219 g/mol. The SMILES string of the molecule is COC(=O)CC(O)c1cccc2cc[nH]c12. The van der Waals surface area contributed by atoms with Gasteiger partial charge in [-0.3, -0.25) is 4.79 Å². The largest absolute Gasteiger partial charge is 0.469 e. The molecular formula is C12H13NO3. The van der Waals surface area contributed by atoms with Crippen LogP contribution in [0.15, 0.2) is 30.5 Å². The Morgan fingerprint density at radius 3 is 3.06 bits per heavy atom. The minimum Gasteiger partial charge on any atom is -0.469 e. The Morgan fingerprint density at radius 1 is 1.50 bits per heavy atom. The topological polar surface area (TPSA) is 62.3 Å². The van der Waals surface area contributed by atoms with E-state index in [0.717, 1.165) is 10.9 Å². The van der Waals surface area contributed by atoms with Gasteiger partial charge in [0.05, 0.1) is 25.2 Å². The third-order valence-corrected chi connectivity index (χ3v) is 2.57. The highest BCUT2D eigenvalue weighted by Crippen LogP contribution is 2.25. The highest BCUT2D eigenvalue weighted by atomic mass is 16.5. The van der Waals surface area contributed by atoms with E-state index in [1.54, 1.807) is 12.3 Å². The quantitative estimate of drug-likeness (QED) is 0.773. The van der Waals surface area contributed by atoms with Crippen molar-refractivity contribution in [3.63, 3.8) is 0 Å². The van der Waals surface area contributed by atoms with Gasteiger partial charge in [-0.1, -0.05) is 18.2 Å². The molecule has 0 spiro atoms. The van der Waals surface area contributed by atoms with Gasteiger partial charge < -0.3 is 14.8 Å². The Balaban J connectivity index is 2.32. The number of hydrogen-bond acceptors (Lipinski definition) is 3. The maximum atomic E-state index is 11.1. The van der Waals surface area contributed by atoms with Crippen molar-refractivity contribution >= 4 is 16.9 Å². The number of aromatic amines is 1. The highest BCUT2D eigenvalue weighted by Gasteiger charge is 2.15. The first-order chi connectivity index (χ1) is 7.72. The molecule has 84 valence electrons. The smallest absolute Gasteiger partial charge is 0.308 e. The minimum absolute atomic E-state index is 0.0331. The van der Waals surface area contributed by atoms with Crippen LogP contribution in [0.2, 0.25) is 0 Å². The number of fused-ring (bicyclic) bond motifs is 1. The molecule has 1 aromatic heterocycles. The third kappa shape index (κ3) is 1.92. The molecule has 0 saturated carbocycles. The van der Waals surface area contributed by atoms with Gasteiger partial charge in [0.25, 0.3) is 0 Å². The van der Waals surface area contributed by atoms with Gasteiger partial charge in [0.15, 0.2) is 0 Å². The number of ether oxygens (including phenoxy) is 1. The van der Waals surface area contributed by atoms with Gasteiger partial charge in [0.1, 0.15) is 0 Å². The van der Waals surface area contributed by atoms with Crippen LogP contribution in [0.1, 0.15) is 18.1 Å². The molecule has 0 bridgehead atoms. The van der Waals surface area contributed by atoms with Crippen LogP contribution in [0.4, 0.5) is 0 Å². The van der Waals surface area contributed by atoms with Crippen LogP contribution in [-0.2, 0) is 9.53 Å². The lowest BCUT2D eigenvalue weighted by Crippen LogP contribution is -2.08. The number of H-pyrrole nitrogens is 1. The van der Waals surface area contributed by atoms with Crippen LogP contribution >= 0.6 is 0 Å². The predicted octanol–water partition coefficient (Wildman–Crippen LogP) is 1.76. The number of aliphatic hydroxyl groups is 1. The normalized spacial score (nSPS) is 12.6. The first-order valence-electron chi connectivity index (χ1n) is 5.03. The second-order valence-electron chi connectivity index (χ2n) is 3.59. The Morgan fingerprint density at radius 2 is 2.31 bits per heavy atom. The summed E-state index contributed by atoms with van der Waals surface area (Å²) in [6, 6.07) is 7.52. The Hall–Kier alpha value is -1.81. The number of para-hydroxylation sites is 1. The average molecular weight is 219 g/mol. The molecule has 0 aliphatic rings. The van der Waals surface area contributed by atoms with Gasteiger partial charge in [-0.25, -0.2) is 0 Å². The number of aliphatic hydroxyl groups excluding tert-OH is 1. The molecule has 0 fully saturated rings.